The van der Waals surface area contributed by atoms with Crippen LogP contribution >= 0.6 is 0 Å². The van der Waals surface area contributed by atoms with Crippen LogP contribution in [-0.4, -0.2) is 53.7 Å². The molecule has 3 aromatic rings. The van der Waals surface area contributed by atoms with E-state index < -0.39 is 0 Å². The highest BCUT2D eigenvalue weighted by Gasteiger charge is 2.21. The van der Waals surface area contributed by atoms with Gasteiger partial charge in [-0.05, 0) is 44.2 Å². The first kappa shape index (κ1) is 21.4. The topological polar surface area (TPSA) is 106 Å². The van der Waals surface area contributed by atoms with Crippen LogP contribution in [0.2, 0.25) is 0 Å². The van der Waals surface area contributed by atoms with Crippen molar-refractivity contribution in [2.75, 3.05) is 31.9 Å². The Kier molecular flexibility index (Phi) is 5.83. The van der Waals surface area contributed by atoms with E-state index in [1.807, 2.05) is 6.07 Å². The number of benzene rings is 2. The van der Waals surface area contributed by atoms with Crippen LogP contribution in [0.4, 0.5) is 5.69 Å². The summed E-state index contributed by atoms with van der Waals surface area (Å²) in [5.74, 6) is 0.758. The SMILES string of the molecule is Cc1nn(-c2cccc(C(=O)N(C)c3ccc4c(c3)OCO4)c2)c(C)c1C(=O)NCCO. The van der Waals surface area contributed by atoms with Crippen molar-refractivity contribution in [3.05, 3.63) is 65.0 Å². The summed E-state index contributed by atoms with van der Waals surface area (Å²) in [6.45, 7) is 3.74. The molecule has 0 fully saturated rings. The molecule has 1 aliphatic heterocycles. The minimum atomic E-state index is -0.296. The van der Waals surface area contributed by atoms with E-state index in [1.165, 1.54) is 4.90 Å². The van der Waals surface area contributed by atoms with Crippen LogP contribution in [0.25, 0.3) is 5.69 Å². The molecule has 0 spiro atoms. The summed E-state index contributed by atoms with van der Waals surface area (Å²) in [5.41, 5.74) is 3.48. The highest BCUT2D eigenvalue weighted by molar-refractivity contribution is 6.06. The number of amides is 2. The number of fused-ring (bicyclic) bond motifs is 1. The molecule has 2 aromatic carbocycles. The molecule has 0 unspecified atom stereocenters. The predicted molar refractivity (Wildman–Crippen MR) is 118 cm³/mol. The van der Waals surface area contributed by atoms with Gasteiger partial charge in [-0.1, -0.05) is 6.07 Å². The van der Waals surface area contributed by atoms with Gasteiger partial charge in [0.25, 0.3) is 11.8 Å². The maximum Gasteiger partial charge on any atom is 0.258 e. The predicted octanol–water partition coefficient (Wildman–Crippen LogP) is 2.22. The van der Waals surface area contributed by atoms with Crippen molar-refractivity contribution in [1.82, 2.24) is 15.1 Å². The standard InChI is InChI=1S/C23H24N4O5/c1-14-21(22(29)24-9-10-28)15(2)27(25-14)18-6-4-5-16(11-18)23(30)26(3)17-7-8-19-20(12-17)32-13-31-19/h4-8,11-12,28H,9-10,13H2,1-3H3,(H,24,29). The first-order valence-corrected chi connectivity index (χ1v) is 10.1. The molecule has 1 aromatic heterocycles. The highest BCUT2D eigenvalue weighted by Crippen LogP contribution is 2.35. The van der Waals surface area contributed by atoms with Gasteiger partial charge in [0.2, 0.25) is 6.79 Å². The van der Waals surface area contributed by atoms with Crippen molar-refractivity contribution in [3.63, 3.8) is 0 Å². The van der Waals surface area contributed by atoms with Gasteiger partial charge in [0.15, 0.2) is 11.5 Å². The Bertz CT molecular complexity index is 1190. The fraction of sp³-hybridized carbons (Fsp3) is 0.261. The van der Waals surface area contributed by atoms with Crippen LogP contribution in [0, 0.1) is 13.8 Å². The van der Waals surface area contributed by atoms with Crippen molar-refractivity contribution < 1.29 is 24.2 Å². The molecule has 0 bridgehead atoms. The van der Waals surface area contributed by atoms with Crippen molar-refractivity contribution in [1.29, 1.82) is 0 Å². The molecule has 0 radical (unpaired) electrons. The monoisotopic (exact) mass is 436 g/mol. The number of aromatic nitrogens is 2. The lowest BCUT2D eigenvalue weighted by atomic mass is 10.1. The van der Waals surface area contributed by atoms with Gasteiger partial charge in [-0.2, -0.15) is 5.10 Å². The van der Waals surface area contributed by atoms with Gasteiger partial charge in [-0.3, -0.25) is 9.59 Å². The number of anilines is 1. The second-order valence-corrected chi connectivity index (χ2v) is 7.39. The highest BCUT2D eigenvalue weighted by atomic mass is 16.7. The van der Waals surface area contributed by atoms with Gasteiger partial charge in [0.1, 0.15) is 0 Å². The lowest BCUT2D eigenvalue weighted by Crippen LogP contribution is -2.27. The zero-order valence-electron chi connectivity index (χ0n) is 18.1. The number of carbonyl (C=O) groups is 2. The summed E-state index contributed by atoms with van der Waals surface area (Å²) < 4.78 is 12.4. The molecule has 2 heterocycles. The molecule has 0 atom stereocenters. The van der Waals surface area contributed by atoms with Crippen LogP contribution < -0.4 is 19.7 Å². The minimum Gasteiger partial charge on any atom is -0.454 e. The van der Waals surface area contributed by atoms with Gasteiger partial charge >= 0.3 is 0 Å². The third-order valence-electron chi connectivity index (χ3n) is 5.30. The van der Waals surface area contributed by atoms with Gasteiger partial charge in [-0.25, -0.2) is 4.68 Å². The van der Waals surface area contributed by atoms with Gasteiger partial charge in [0.05, 0.1) is 29.2 Å². The van der Waals surface area contributed by atoms with Crippen molar-refractivity contribution in [3.8, 4) is 17.2 Å². The van der Waals surface area contributed by atoms with E-state index in [9.17, 15) is 9.59 Å². The average molecular weight is 436 g/mol. The molecule has 4 rings (SSSR count). The summed E-state index contributed by atoms with van der Waals surface area (Å²) in [7, 11) is 1.69. The number of hydrogen-bond acceptors (Lipinski definition) is 6. The van der Waals surface area contributed by atoms with Crippen LogP contribution in [0.5, 0.6) is 11.5 Å². The molecule has 2 amide bonds. The molecular weight excluding hydrogens is 412 g/mol. The van der Waals surface area contributed by atoms with E-state index in [1.54, 1.807) is 62.0 Å². The summed E-state index contributed by atoms with van der Waals surface area (Å²) in [5, 5.41) is 16.1. The van der Waals surface area contributed by atoms with E-state index >= 15 is 0 Å². The lowest BCUT2D eigenvalue weighted by molar-refractivity contribution is 0.0942. The van der Waals surface area contributed by atoms with E-state index in [-0.39, 0.29) is 31.8 Å². The first-order chi connectivity index (χ1) is 15.4. The number of rotatable bonds is 6. The maximum absolute atomic E-state index is 13.1. The smallest absolute Gasteiger partial charge is 0.258 e. The van der Waals surface area contributed by atoms with E-state index in [0.29, 0.717) is 45.4 Å². The molecule has 9 nitrogen and oxygen atoms in total. The molecular formula is C23H24N4O5. The molecule has 1 aliphatic rings. The molecule has 2 N–H and O–H groups in total. The number of aliphatic hydroxyl groups is 1. The normalized spacial score (nSPS) is 12.0. The number of aryl methyl sites for hydroxylation is 1. The van der Waals surface area contributed by atoms with E-state index in [4.69, 9.17) is 14.6 Å². The largest absolute Gasteiger partial charge is 0.454 e. The maximum atomic E-state index is 13.1. The summed E-state index contributed by atoms with van der Waals surface area (Å²) >= 11 is 0. The zero-order valence-corrected chi connectivity index (χ0v) is 18.1. The minimum absolute atomic E-state index is 0.140. The summed E-state index contributed by atoms with van der Waals surface area (Å²) in [6.07, 6.45) is 0. The Morgan fingerprint density at radius 2 is 1.94 bits per heavy atom. The third kappa shape index (κ3) is 3.90. The van der Waals surface area contributed by atoms with E-state index in [2.05, 4.69) is 10.4 Å². The van der Waals surface area contributed by atoms with Crippen LogP contribution in [-0.2, 0) is 0 Å². The second-order valence-electron chi connectivity index (χ2n) is 7.39. The van der Waals surface area contributed by atoms with Crippen LogP contribution in [0.1, 0.15) is 32.1 Å². The zero-order chi connectivity index (χ0) is 22.8. The lowest BCUT2D eigenvalue weighted by Gasteiger charge is -2.18. The molecule has 9 heteroatoms. The van der Waals surface area contributed by atoms with Gasteiger partial charge < -0.3 is 24.8 Å². The van der Waals surface area contributed by atoms with Crippen LogP contribution in [0.3, 0.4) is 0 Å². The van der Waals surface area contributed by atoms with Gasteiger partial charge in [-0.15, -0.1) is 0 Å². The number of nitrogens with one attached hydrogen (secondary N) is 1. The van der Waals surface area contributed by atoms with Crippen molar-refractivity contribution >= 4 is 17.5 Å². The molecule has 32 heavy (non-hydrogen) atoms. The molecule has 166 valence electrons. The second kappa shape index (κ2) is 8.72. The fourth-order valence-electron chi connectivity index (χ4n) is 3.66. The number of carbonyl (C=O) groups excluding carboxylic acids is 2. The van der Waals surface area contributed by atoms with Crippen LogP contribution in [0.15, 0.2) is 42.5 Å². The van der Waals surface area contributed by atoms with Gasteiger partial charge in [0, 0.05) is 30.9 Å². The number of aliphatic hydroxyl groups excluding tert-OH is 1. The summed E-state index contributed by atoms with van der Waals surface area (Å²) in [4.78, 5) is 27.1. The van der Waals surface area contributed by atoms with E-state index in [0.717, 1.165) is 0 Å². The molecule has 0 saturated heterocycles. The Balaban J connectivity index is 1.61. The summed E-state index contributed by atoms with van der Waals surface area (Å²) in [6, 6.07) is 12.4. The Morgan fingerprint density at radius 3 is 2.72 bits per heavy atom. The number of hydrogen-bond donors (Lipinski definition) is 2. The Hall–Kier alpha value is -3.85. The Morgan fingerprint density at radius 1 is 1.16 bits per heavy atom. The van der Waals surface area contributed by atoms with Crippen molar-refractivity contribution in [2.24, 2.45) is 0 Å². The Labute approximate surface area is 185 Å². The number of ether oxygens (including phenoxy) is 2. The quantitative estimate of drug-likeness (QED) is 0.614. The molecule has 0 aliphatic carbocycles. The number of nitrogens with zero attached hydrogens (tertiary/aromatic N) is 3. The fourth-order valence-corrected chi connectivity index (χ4v) is 3.66. The first-order valence-electron chi connectivity index (χ1n) is 10.1. The third-order valence-corrected chi connectivity index (χ3v) is 5.30. The van der Waals surface area contributed by atoms with Crippen molar-refractivity contribution in [2.45, 2.75) is 13.8 Å². The average Bonchev–Trinajstić information content (AvgIpc) is 3.39. The molecule has 0 saturated carbocycles.